The lowest BCUT2D eigenvalue weighted by Crippen LogP contribution is -2.72. The van der Waals surface area contributed by atoms with Crippen molar-refractivity contribution < 1.29 is 45.5 Å². The number of rotatable bonds is 13. The minimum atomic E-state index is -4.36. The summed E-state index contributed by atoms with van der Waals surface area (Å²) in [6, 6.07) is 16.1. The number of hydrogen-bond acceptors (Lipinski definition) is 10. The van der Waals surface area contributed by atoms with E-state index in [1.807, 2.05) is 35.1 Å². The van der Waals surface area contributed by atoms with Gasteiger partial charge in [-0.25, -0.2) is 18.2 Å². The highest BCUT2D eigenvalue weighted by atomic mass is 32.2. The summed E-state index contributed by atoms with van der Waals surface area (Å²) in [6.45, 7) is 5.09. The Morgan fingerprint density at radius 2 is 1.77 bits per heavy atom. The number of aromatic amines is 1. The van der Waals surface area contributed by atoms with Gasteiger partial charge in [-0.15, -0.1) is 0 Å². The molecular weight excluding hydrogens is 854 g/mol. The van der Waals surface area contributed by atoms with Crippen molar-refractivity contribution in [1.82, 2.24) is 29.4 Å². The number of carbonyl (C=O) groups is 4. The number of ether oxygens (including phenoxy) is 1. The quantitative estimate of drug-likeness (QED) is 0.0847. The number of piperidine rings is 1. The number of imide groups is 1. The summed E-state index contributed by atoms with van der Waals surface area (Å²) in [5, 5.41) is 2.65. The maximum Gasteiger partial charge on any atom is 0.301 e. The lowest BCUT2D eigenvalue weighted by Gasteiger charge is -2.61. The number of hydrogen-bond donors (Lipinski definition) is 3. The molecule has 0 radical (unpaired) electrons. The van der Waals surface area contributed by atoms with E-state index in [9.17, 15) is 32.0 Å². The Kier molecular flexibility index (Phi) is 10.4. The van der Waals surface area contributed by atoms with Crippen molar-refractivity contribution in [3.05, 3.63) is 107 Å². The van der Waals surface area contributed by atoms with Crippen molar-refractivity contribution in [2.75, 3.05) is 62.0 Å². The molecule has 5 aliphatic heterocycles. The van der Waals surface area contributed by atoms with Crippen LogP contribution in [0.2, 0.25) is 0 Å². The van der Waals surface area contributed by atoms with Gasteiger partial charge >= 0.3 is 10.2 Å². The molecular formula is C45H43F3N8O7S. The van der Waals surface area contributed by atoms with Gasteiger partial charge in [-0.1, -0.05) is 12.1 Å². The number of likely N-dealkylation sites (tertiary alicyclic amines) is 1. The summed E-state index contributed by atoms with van der Waals surface area (Å²) in [5.41, 5.74) is 2.86. The van der Waals surface area contributed by atoms with Crippen molar-refractivity contribution in [3.63, 3.8) is 0 Å². The summed E-state index contributed by atoms with van der Waals surface area (Å²) in [5.74, 6) is -3.85. The molecule has 1 spiro atoms. The lowest BCUT2D eigenvalue weighted by molar-refractivity contribution is -0.136. The van der Waals surface area contributed by atoms with Gasteiger partial charge in [0, 0.05) is 104 Å². The van der Waals surface area contributed by atoms with Crippen molar-refractivity contribution in [2.24, 2.45) is 5.41 Å². The van der Waals surface area contributed by atoms with E-state index < -0.39 is 57.0 Å². The third kappa shape index (κ3) is 7.64. The summed E-state index contributed by atoms with van der Waals surface area (Å²) in [4.78, 5) is 64.2. The lowest BCUT2D eigenvalue weighted by atomic mass is 9.72. The smallest absolute Gasteiger partial charge is 0.301 e. The van der Waals surface area contributed by atoms with E-state index in [1.54, 1.807) is 24.4 Å². The number of benzene rings is 3. The molecule has 0 saturated carbocycles. The predicted molar refractivity (Wildman–Crippen MR) is 229 cm³/mol. The number of aromatic nitrogens is 2. The van der Waals surface area contributed by atoms with Crippen LogP contribution in [0.1, 0.15) is 57.5 Å². The average molecular weight is 897 g/mol. The Labute approximate surface area is 365 Å². The third-order valence-corrected chi connectivity index (χ3v) is 14.4. The van der Waals surface area contributed by atoms with Gasteiger partial charge in [0.25, 0.3) is 5.91 Å². The molecule has 0 aliphatic carbocycles. The SMILES string of the molecule is O=C1CC[C@H](N2Cc3cc(OCCCN4CC5(C4)CN(c4ccc(-c6cnc7[nH]cc(C(=O)c8c(F)ccc(NS(=O)(=O)N9CC[C@@H](F)C9)c8F)c7c6)cc4)C5)ccc3C2=O)C(=O)N1. The number of H-pyrrole nitrogens is 1. The highest BCUT2D eigenvalue weighted by Gasteiger charge is 2.51. The van der Waals surface area contributed by atoms with Gasteiger partial charge in [0.2, 0.25) is 17.6 Å². The molecule has 7 heterocycles. The maximum atomic E-state index is 15.7. The van der Waals surface area contributed by atoms with Gasteiger partial charge in [-0.2, -0.15) is 12.7 Å². The van der Waals surface area contributed by atoms with Gasteiger partial charge in [0.15, 0.2) is 5.82 Å². The second-order valence-electron chi connectivity index (χ2n) is 17.3. The fraction of sp³-hybridized carbons (Fsp3) is 0.356. The monoisotopic (exact) mass is 896 g/mol. The summed E-state index contributed by atoms with van der Waals surface area (Å²) >= 11 is 0. The molecule has 332 valence electrons. The first kappa shape index (κ1) is 41.7. The van der Waals surface area contributed by atoms with Crippen molar-refractivity contribution in [2.45, 2.75) is 44.4 Å². The molecule has 5 aliphatic rings. The van der Waals surface area contributed by atoms with Gasteiger partial charge < -0.3 is 24.4 Å². The fourth-order valence-electron chi connectivity index (χ4n) is 9.62. The highest BCUT2D eigenvalue weighted by molar-refractivity contribution is 7.90. The highest BCUT2D eigenvalue weighted by Crippen LogP contribution is 2.42. The third-order valence-electron chi connectivity index (χ3n) is 12.9. The number of ketones is 1. The van der Waals surface area contributed by atoms with E-state index in [2.05, 4.69) is 25.1 Å². The number of nitrogens with zero attached hydrogens (tertiary/aromatic N) is 5. The van der Waals surface area contributed by atoms with Crippen LogP contribution in [-0.2, 0) is 26.3 Å². The van der Waals surface area contributed by atoms with Crippen LogP contribution < -0.4 is 19.7 Å². The van der Waals surface area contributed by atoms with E-state index in [0.29, 0.717) is 47.5 Å². The van der Waals surface area contributed by atoms with Crippen LogP contribution >= 0.6 is 0 Å². The number of carbonyl (C=O) groups excluding carboxylic acids is 4. The van der Waals surface area contributed by atoms with Gasteiger partial charge in [0.1, 0.15) is 29.4 Å². The first-order chi connectivity index (χ1) is 30.7. The minimum Gasteiger partial charge on any atom is -0.494 e. The molecule has 3 aromatic carbocycles. The number of fused-ring (bicyclic) bond motifs is 2. The minimum absolute atomic E-state index is 0.00163. The standard InChI is InChI=1S/C45H43F3N8O7S/c46-29-12-14-55(21-29)64(61,62)52-36-9-8-35(47)39(40(36)48)41(58)34-19-50-42-33(34)17-27(18-49-42)26-2-4-30(5-3-26)54-24-45(25-54)22-53(23-45)13-1-15-63-31-6-7-32-28(16-31)20-56(44(32)60)37-10-11-38(57)51-43(37)59/h2-9,16-19,29,37,52H,1,10-15,20-25H2,(H,49,50)(H,51,57,59)/t29-,37+/m1/s1. The van der Waals surface area contributed by atoms with E-state index in [0.717, 1.165) is 72.4 Å². The summed E-state index contributed by atoms with van der Waals surface area (Å²) in [7, 11) is -4.36. The van der Waals surface area contributed by atoms with Gasteiger partial charge in [-0.3, -0.25) is 29.2 Å². The van der Waals surface area contributed by atoms with Crippen LogP contribution in [-0.4, -0.2) is 121 Å². The van der Waals surface area contributed by atoms with Crippen LogP contribution in [0.5, 0.6) is 5.75 Å². The number of nitrogens with one attached hydrogen (secondary N) is 3. The van der Waals surface area contributed by atoms with Crippen LogP contribution in [0.25, 0.3) is 22.2 Å². The normalized spacial score (nSPS) is 21.0. The Morgan fingerprint density at radius 3 is 2.52 bits per heavy atom. The second-order valence-corrected chi connectivity index (χ2v) is 19.0. The van der Waals surface area contributed by atoms with Gasteiger partial charge in [-0.05, 0) is 78.9 Å². The first-order valence-corrected chi connectivity index (χ1v) is 22.6. The zero-order chi connectivity index (χ0) is 44.5. The first-order valence-electron chi connectivity index (χ1n) is 21.1. The van der Waals surface area contributed by atoms with Gasteiger partial charge in [0.05, 0.1) is 17.9 Å². The number of pyridine rings is 1. The zero-order valence-electron chi connectivity index (χ0n) is 34.4. The Balaban J connectivity index is 0.711. The van der Waals surface area contributed by atoms with E-state index in [-0.39, 0.29) is 48.7 Å². The van der Waals surface area contributed by atoms with Crippen LogP contribution in [0.4, 0.5) is 24.5 Å². The molecule has 10 rings (SSSR count). The van der Waals surface area contributed by atoms with E-state index >= 15 is 8.78 Å². The van der Waals surface area contributed by atoms with Crippen molar-refractivity contribution in [3.8, 4) is 16.9 Å². The Morgan fingerprint density at radius 1 is 0.969 bits per heavy atom. The van der Waals surface area contributed by atoms with Crippen molar-refractivity contribution in [1.29, 1.82) is 0 Å². The Bertz CT molecular complexity index is 2840. The largest absolute Gasteiger partial charge is 0.494 e. The van der Waals surface area contributed by atoms with Crippen LogP contribution in [0.15, 0.2) is 73.1 Å². The molecule has 4 saturated heterocycles. The molecule has 2 atom stereocenters. The van der Waals surface area contributed by atoms with E-state index in [1.165, 1.54) is 11.1 Å². The number of halogens is 3. The van der Waals surface area contributed by atoms with Crippen molar-refractivity contribution >= 4 is 56.1 Å². The second kappa shape index (κ2) is 16.0. The average Bonchev–Trinajstić information content (AvgIpc) is 3.97. The van der Waals surface area contributed by atoms with Crippen LogP contribution in [0, 0.1) is 17.0 Å². The van der Waals surface area contributed by atoms with Crippen LogP contribution in [0.3, 0.4) is 0 Å². The molecule has 3 N–H and O–H groups in total. The molecule has 19 heteroatoms. The maximum absolute atomic E-state index is 15.7. The molecule has 4 fully saturated rings. The molecule has 0 bridgehead atoms. The molecule has 5 aromatic rings. The number of amides is 3. The topological polar surface area (TPSA) is 177 Å². The molecule has 2 aromatic heterocycles. The molecule has 0 unspecified atom stereocenters. The number of alkyl halides is 1. The van der Waals surface area contributed by atoms with E-state index in [4.69, 9.17) is 4.74 Å². The molecule has 15 nitrogen and oxygen atoms in total. The zero-order valence-corrected chi connectivity index (χ0v) is 35.2. The number of anilines is 2. The molecule has 3 amide bonds. The Hall–Kier alpha value is -6.31. The fourth-order valence-corrected chi connectivity index (χ4v) is 10.9. The molecule has 64 heavy (non-hydrogen) atoms. The summed E-state index contributed by atoms with van der Waals surface area (Å²) in [6.07, 6.45) is 2.97. The summed E-state index contributed by atoms with van der Waals surface area (Å²) < 4.78 is 79.0. The predicted octanol–water partition coefficient (Wildman–Crippen LogP) is 4.79.